The molecule has 5 nitrogen and oxygen atoms in total. The van der Waals surface area contributed by atoms with Gasteiger partial charge in [-0.2, -0.15) is 0 Å². The van der Waals surface area contributed by atoms with Crippen LogP contribution in [0.4, 0.5) is 0 Å². The molecule has 1 aromatic carbocycles. The van der Waals surface area contributed by atoms with E-state index < -0.39 is 15.2 Å². The highest BCUT2D eigenvalue weighted by molar-refractivity contribution is 7.92. The largest absolute Gasteiger partial charge is 0.313 e. The van der Waals surface area contributed by atoms with Crippen LogP contribution in [0.5, 0.6) is 0 Å². The first-order valence-corrected chi connectivity index (χ1v) is 7.76. The van der Waals surface area contributed by atoms with E-state index in [9.17, 15) is 8.42 Å². The zero-order valence-corrected chi connectivity index (χ0v) is 11.2. The average molecular weight is 277 g/mol. The van der Waals surface area contributed by atoms with Gasteiger partial charge < -0.3 is 5.32 Å². The van der Waals surface area contributed by atoms with E-state index in [1.807, 2.05) is 24.3 Å². The molecule has 100 valence electrons. The molecule has 1 aliphatic heterocycles. The Bertz CT molecular complexity index is 689. The lowest BCUT2D eigenvalue weighted by Gasteiger charge is -2.24. The van der Waals surface area contributed by atoms with E-state index in [4.69, 9.17) is 0 Å². The summed E-state index contributed by atoms with van der Waals surface area (Å²) < 4.78 is 25.3. The van der Waals surface area contributed by atoms with Gasteiger partial charge in [0.1, 0.15) is 5.37 Å². The molecular weight excluding hydrogens is 262 g/mol. The smallest absolute Gasteiger partial charge is 0.213 e. The molecule has 0 spiro atoms. The van der Waals surface area contributed by atoms with Crippen LogP contribution in [-0.4, -0.2) is 38.4 Å². The molecule has 0 aliphatic carbocycles. The molecule has 0 radical (unpaired) electrons. The SMILES string of the molecule is O=S(=O)(c1nccc2ccccc12)C1CNCCN1. The fourth-order valence-corrected chi connectivity index (χ4v) is 3.94. The topological polar surface area (TPSA) is 71.1 Å². The number of benzene rings is 1. The third-order valence-corrected chi connectivity index (χ3v) is 5.23. The molecular formula is C13H15N3O2S. The van der Waals surface area contributed by atoms with E-state index in [-0.39, 0.29) is 5.03 Å². The molecule has 1 aromatic heterocycles. The van der Waals surface area contributed by atoms with Gasteiger partial charge in [0, 0.05) is 31.2 Å². The number of pyridine rings is 1. The van der Waals surface area contributed by atoms with Crippen LogP contribution in [0.3, 0.4) is 0 Å². The highest BCUT2D eigenvalue weighted by Crippen LogP contribution is 2.23. The molecule has 6 heteroatoms. The van der Waals surface area contributed by atoms with E-state index in [1.54, 1.807) is 12.3 Å². The average Bonchev–Trinajstić information content (AvgIpc) is 2.47. The Morgan fingerprint density at radius 2 is 2.00 bits per heavy atom. The van der Waals surface area contributed by atoms with Crippen molar-refractivity contribution >= 4 is 20.6 Å². The minimum Gasteiger partial charge on any atom is -0.313 e. The number of sulfone groups is 1. The van der Waals surface area contributed by atoms with Gasteiger partial charge in [-0.1, -0.05) is 24.3 Å². The van der Waals surface area contributed by atoms with Crippen LogP contribution in [0.15, 0.2) is 41.6 Å². The molecule has 19 heavy (non-hydrogen) atoms. The lowest BCUT2D eigenvalue weighted by atomic mass is 10.2. The van der Waals surface area contributed by atoms with Gasteiger partial charge in [-0.15, -0.1) is 0 Å². The number of nitrogens with one attached hydrogen (secondary N) is 2. The molecule has 0 amide bonds. The van der Waals surface area contributed by atoms with Crippen molar-refractivity contribution in [3.63, 3.8) is 0 Å². The molecule has 0 saturated carbocycles. The fraction of sp³-hybridized carbons (Fsp3) is 0.308. The first-order valence-electron chi connectivity index (χ1n) is 6.21. The molecule has 1 aliphatic rings. The lowest BCUT2D eigenvalue weighted by molar-refractivity contribution is 0.474. The van der Waals surface area contributed by atoms with Crippen LogP contribution in [0, 0.1) is 0 Å². The van der Waals surface area contributed by atoms with Crippen LogP contribution in [-0.2, 0) is 9.84 Å². The second-order valence-electron chi connectivity index (χ2n) is 4.53. The summed E-state index contributed by atoms with van der Waals surface area (Å²) >= 11 is 0. The molecule has 2 heterocycles. The summed E-state index contributed by atoms with van der Waals surface area (Å²) in [5.41, 5.74) is 0. The van der Waals surface area contributed by atoms with E-state index >= 15 is 0 Å². The molecule has 1 saturated heterocycles. The minimum absolute atomic E-state index is 0.159. The van der Waals surface area contributed by atoms with Gasteiger partial charge in [0.15, 0.2) is 5.03 Å². The molecule has 1 unspecified atom stereocenters. The van der Waals surface area contributed by atoms with Gasteiger partial charge in [-0.05, 0) is 11.5 Å². The summed E-state index contributed by atoms with van der Waals surface area (Å²) in [4.78, 5) is 4.10. The zero-order chi connectivity index (χ0) is 13.3. The monoisotopic (exact) mass is 277 g/mol. The zero-order valence-electron chi connectivity index (χ0n) is 10.3. The van der Waals surface area contributed by atoms with E-state index in [2.05, 4.69) is 15.6 Å². The normalized spacial score (nSPS) is 20.5. The molecule has 2 N–H and O–H groups in total. The minimum atomic E-state index is -3.47. The second kappa shape index (κ2) is 4.88. The number of nitrogens with zero attached hydrogens (tertiary/aromatic N) is 1. The molecule has 0 bridgehead atoms. The van der Waals surface area contributed by atoms with Gasteiger partial charge in [0.2, 0.25) is 9.84 Å². The summed E-state index contributed by atoms with van der Waals surface area (Å²) in [6.07, 6.45) is 1.55. The van der Waals surface area contributed by atoms with E-state index in [0.29, 0.717) is 18.5 Å². The summed E-state index contributed by atoms with van der Waals surface area (Å²) in [6, 6.07) is 9.23. The van der Waals surface area contributed by atoms with Crippen molar-refractivity contribution in [2.24, 2.45) is 0 Å². The number of hydrogen-bond donors (Lipinski definition) is 2. The summed E-state index contributed by atoms with van der Waals surface area (Å²) in [6.45, 7) is 1.84. The van der Waals surface area contributed by atoms with Crippen LogP contribution in [0.25, 0.3) is 10.8 Å². The molecule has 3 rings (SSSR count). The second-order valence-corrected chi connectivity index (χ2v) is 6.57. The Morgan fingerprint density at radius 3 is 2.79 bits per heavy atom. The highest BCUT2D eigenvalue weighted by Gasteiger charge is 2.31. The summed E-state index contributed by atoms with van der Waals surface area (Å²) in [7, 11) is -3.47. The predicted octanol–water partition coefficient (Wildman–Crippen LogP) is 0.527. The third-order valence-electron chi connectivity index (χ3n) is 3.28. The Hall–Kier alpha value is -1.50. The van der Waals surface area contributed by atoms with Crippen molar-refractivity contribution in [1.82, 2.24) is 15.6 Å². The first-order chi connectivity index (χ1) is 9.19. The maximum absolute atomic E-state index is 12.6. The number of hydrogen-bond acceptors (Lipinski definition) is 5. The van der Waals surface area contributed by atoms with Gasteiger partial charge in [-0.25, -0.2) is 13.4 Å². The maximum atomic E-state index is 12.6. The Labute approximate surface area is 112 Å². The van der Waals surface area contributed by atoms with Crippen molar-refractivity contribution in [3.05, 3.63) is 36.5 Å². The number of fused-ring (bicyclic) bond motifs is 1. The standard InChI is InChI=1S/C13H15N3O2S/c17-19(18,12-9-14-7-8-15-12)13-11-4-2-1-3-10(11)5-6-16-13/h1-6,12,14-15H,7-9H2. The van der Waals surface area contributed by atoms with Gasteiger partial charge >= 0.3 is 0 Å². The fourth-order valence-electron chi connectivity index (χ4n) is 2.30. The quantitative estimate of drug-likeness (QED) is 0.838. The Morgan fingerprint density at radius 1 is 1.16 bits per heavy atom. The van der Waals surface area contributed by atoms with Crippen molar-refractivity contribution in [2.75, 3.05) is 19.6 Å². The number of piperazine rings is 1. The maximum Gasteiger partial charge on any atom is 0.213 e. The first kappa shape index (κ1) is 12.5. The molecule has 2 aromatic rings. The predicted molar refractivity (Wildman–Crippen MR) is 73.6 cm³/mol. The van der Waals surface area contributed by atoms with Crippen molar-refractivity contribution in [3.8, 4) is 0 Å². The number of rotatable bonds is 2. The lowest BCUT2D eigenvalue weighted by Crippen LogP contribution is -2.52. The van der Waals surface area contributed by atoms with Crippen molar-refractivity contribution in [1.29, 1.82) is 0 Å². The van der Waals surface area contributed by atoms with Crippen LogP contribution in [0.2, 0.25) is 0 Å². The Kier molecular flexibility index (Phi) is 3.22. The third kappa shape index (κ3) is 2.22. The van der Waals surface area contributed by atoms with E-state index in [1.165, 1.54) is 0 Å². The molecule has 1 atom stereocenters. The summed E-state index contributed by atoms with van der Waals surface area (Å²) in [5, 5.41) is 7.24. The number of aromatic nitrogens is 1. The van der Waals surface area contributed by atoms with Gasteiger partial charge in [0.25, 0.3) is 0 Å². The Balaban J connectivity index is 2.12. The molecule has 1 fully saturated rings. The van der Waals surface area contributed by atoms with Gasteiger partial charge in [0.05, 0.1) is 0 Å². The van der Waals surface area contributed by atoms with E-state index in [0.717, 1.165) is 11.9 Å². The van der Waals surface area contributed by atoms with Crippen LogP contribution < -0.4 is 10.6 Å². The highest BCUT2D eigenvalue weighted by atomic mass is 32.2. The van der Waals surface area contributed by atoms with Gasteiger partial charge in [-0.3, -0.25) is 5.32 Å². The van der Waals surface area contributed by atoms with Crippen molar-refractivity contribution in [2.45, 2.75) is 10.4 Å². The summed E-state index contributed by atoms with van der Waals surface area (Å²) in [5.74, 6) is 0. The van der Waals surface area contributed by atoms with Crippen LogP contribution >= 0.6 is 0 Å². The van der Waals surface area contributed by atoms with Crippen molar-refractivity contribution < 1.29 is 8.42 Å². The van der Waals surface area contributed by atoms with Crippen LogP contribution in [0.1, 0.15) is 0 Å².